The van der Waals surface area contributed by atoms with E-state index in [1.807, 2.05) is 54.6 Å². The molecule has 0 spiro atoms. The highest BCUT2D eigenvalue weighted by Crippen LogP contribution is 2.39. The van der Waals surface area contributed by atoms with Crippen molar-refractivity contribution in [2.45, 2.75) is 25.8 Å². The van der Waals surface area contributed by atoms with Crippen molar-refractivity contribution in [3.8, 4) is 16.9 Å². The van der Waals surface area contributed by atoms with Crippen LogP contribution in [0.4, 0.5) is 0 Å². The number of rotatable bonds is 4. The van der Waals surface area contributed by atoms with Crippen LogP contribution in [0.1, 0.15) is 31.4 Å². The molecule has 30 heavy (non-hydrogen) atoms. The minimum absolute atomic E-state index is 0.191. The highest BCUT2D eigenvalue weighted by Gasteiger charge is 2.40. The summed E-state index contributed by atoms with van der Waals surface area (Å²) in [7, 11) is 1.67. The first-order valence-corrected chi connectivity index (χ1v) is 10.4. The molecule has 1 unspecified atom stereocenters. The molecule has 4 nitrogen and oxygen atoms in total. The van der Waals surface area contributed by atoms with Crippen LogP contribution < -0.4 is 10.5 Å². The van der Waals surface area contributed by atoms with Crippen molar-refractivity contribution in [2.75, 3.05) is 13.7 Å². The summed E-state index contributed by atoms with van der Waals surface area (Å²) in [5, 5.41) is 0.676. The zero-order chi connectivity index (χ0) is 21.6. The van der Waals surface area contributed by atoms with Gasteiger partial charge in [-0.25, -0.2) is 4.99 Å². The lowest BCUT2D eigenvalue weighted by Crippen LogP contribution is -2.27. The average Bonchev–Trinajstić information content (AvgIpc) is 3.18. The van der Waals surface area contributed by atoms with Crippen LogP contribution in [0.25, 0.3) is 11.1 Å². The summed E-state index contributed by atoms with van der Waals surface area (Å²) in [4.78, 5) is 4.66. The molecule has 0 fully saturated rings. The third-order valence-electron chi connectivity index (χ3n) is 4.79. The number of halogens is 1. The monoisotopic (exact) mass is 422 g/mol. The molecule has 1 heterocycles. The predicted molar refractivity (Wildman–Crippen MR) is 124 cm³/mol. The zero-order valence-corrected chi connectivity index (χ0v) is 18.3. The topological polar surface area (TPSA) is 56.8 Å². The second-order valence-corrected chi connectivity index (χ2v) is 7.56. The van der Waals surface area contributed by atoms with E-state index < -0.39 is 5.54 Å². The molecule has 3 aromatic rings. The Bertz CT molecular complexity index is 1020. The smallest absolute Gasteiger partial charge is 0.283 e. The van der Waals surface area contributed by atoms with Crippen LogP contribution in [0.2, 0.25) is 5.02 Å². The molecule has 4 rings (SSSR count). The molecule has 156 valence electrons. The number of ether oxygens (including phenoxy) is 2. The number of methoxy groups -OCH3 is 1. The second-order valence-electron chi connectivity index (χ2n) is 7.13. The molecule has 0 amide bonds. The molecule has 1 aliphatic rings. The molecule has 0 saturated carbocycles. The lowest BCUT2D eigenvalue weighted by atomic mass is 9.83. The zero-order valence-electron chi connectivity index (χ0n) is 17.6. The first-order chi connectivity index (χ1) is 14.5. The third-order valence-corrected chi connectivity index (χ3v) is 5.05. The summed E-state index contributed by atoms with van der Waals surface area (Å²) in [6.07, 6.45) is 1.25. The molecule has 0 aliphatic carbocycles. The van der Waals surface area contributed by atoms with Gasteiger partial charge < -0.3 is 15.2 Å². The quantitative estimate of drug-likeness (QED) is 0.559. The first-order valence-electron chi connectivity index (χ1n) is 10.0. The molecule has 3 aromatic carbocycles. The van der Waals surface area contributed by atoms with Gasteiger partial charge in [0, 0.05) is 5.02 Å². The number of amidine groups is 1. The van der Waals surface area contributed by atoms with E-state index in [1.54, 1.807) is 7.11 Å². The number of aliphatic imine (C=N–C) groups is 1. The fourth-order valence-corrected chi connectivity index (χ4v) is 3.50. The number of hydrogen-bond acceptors (Lipinski definition) is 4. The second kappa shape index (κ2) is 9.68. The molecule has 0 radical (unpaired) electrons. The van der Waals surface area contributed by atoms with Crippen LogP contribution in [-0.4, -0.2) is 19.7 Å². The average molecular weight is 423 g/mol. The van der Waals surface area contributed by atoms with Crippen LogP contribution in [0.5, 0.6) is 5.75 Å². The maximum Gasteiger partial charge on any atom is 0.283 e. The Morgan fingerprint density at radius 1 is 0.967 bits per heavy atom. The Kier molecular flexibility index (Phi) is 7.01. The van der Waals surface area contributed by atoms with Gasteiger partial charge in [-0.1, -0.05) is 74.3 Å². The van der Waals surface area contributed by atoms with Crippen molar-refractivity contribution < 1.29 is 9.47 Å². The largest absolute Gasteiger partial charge is 0.497 e. The van der Waals surface area contributed by atoms with E-state index in [2.05, 4.69) is 37.0 Å². The van der Waals surface area contributed by atoms with Gasteiger partial charge in [0.05, 0.1) is 7.11 Å². The van der Waals surface area contributed by atoms with Gasteiger partial charge >= 0.3 is 0 Å². The molecule has 1 aliphatic heterocycles. The number of benzene rings is 3. The van der Waals surface area contributed by atoms with E-state index in [1.165, 1.54) is 6.42 Å². The van der Waals surface area contributed by atoms with E-state index in [0.717, 1.165) is 28.0 Å². The minimum atomic E-state index is -0.691. The van der Waals surface area contributed by atoms with Crippen molar-refractivity contribution in [2.24, 2.45) is 10.7 Å². The molecular weight excluding hydrogens is 396 g/mol. The van der Waals surface area contributed by atoms with Crippen LogP contribution in [0, 0.1) is 0 Å². The van der Waals surface area contributed by atoms with Crippen molar-refractivity contribution in [3.05, 3.63) is 88.9 Å². The minimum Gasteiger partial charge on any atom is -0.497 e. The summed E-state index contributed by atoms with van der Waals surface area (Å²) < 4.78 is 10.9. The van der Waals surface area contributed by atoms with Gasteiger partial charge in [0.15, 0.2) is 5.54 Å². The van der Waals surface area contributed by atoms with Gasteiger partial charge in [-0.05, 0) is 52.6 Å². The van der Waals surface area contributed by atoms with Crippen LogP contribution in [0.3, 0.4) is 0 Å². The van der Waals surface area contributed by atoms with Gasteiger partial charge in [-0.2, -0.15) is 0 Å². The maximum absolute atomic E-state index is 6.07. The summed E-state index contributed by atoms with van der Waals surface area (Å²) in [5.74, 6) is 0.816. The Labute approximate surface area is 183 Å². The summed E-state index contributed by atoms with van der Waals surface area (Å²) in [5.41, 5.74) is 9.32. The number of hydrogen-bond donors (Lipinski definition) is 1. The summed E-state index contributed by atoms with van der Waals surface area (Å²) in [6.45, 7) is 4.60. The first kappa shape index (κ1) is 21.7. The van der Waals surface area contributed by atoms with Gasteiger partial charge in [0.1, 0.15) is 12.4 Å². The Balaban J connectivity index is 0.000000806. The summed E-state index contributed by atoms with van der Waals surface area (Å²) in [6, 6.07) is 24.1. The fraction of sp³-hybridized carbons (Fsp3) is 0.240. The highest BCUT2D eigenvalue weighted by atomic mass is 35.5. The van der Waals surface area contributed by atoms with Crippen molar-refractivity contribution in [3.63, 3.8) is 0 Å². The standard InChI is InChI=1S/C22H19ClN2O2.C3H8/c1-26-20-7-3-5-16(13-20)15-4-2-6-18(12-15)22(14-27-21(24)25-22)17-8-10-19(23)11-9-17;1-3-2/h2-13H,14H2,1H3,(H2,24,25);3H2,1-2H3. The van der Waals surface area contributed by atoms with Gasteiger partial charge in [-0.15, -0.1) is 0 Å². The SMILES string of the molecule is CCC.COc1cccc(-c2cccc(C3(c4ccc(Cl)cc4)COC(N)=N3)c2)c1. The molecule has 1 atom stereocenters. The van der Waals surface area contributed by atoms with Crippen molar-refractivity contribution in [1.82, 2.24) is 0 Å². The Morgan fingerprint density at radius 3 is 2.20 bits per heavy atom. The molecule has 0 bridgehead atoms. The molecule has 0 aromatic heterocycles. The maximum atomic E-state index is 6.07. The van der Waals surface area contributed by atoms with Crippen LogP contribution >= 0.6 is 11.6 Å². The van der Waals surface area contributed by atoms with E-state index >= 15 is 0 Å². The Morgan fingerprint density at radius 2 is 1.60 bits per heavy atom. The van der Waals surface area contributed by atoms with E-state index in [-0.39, 0.29) is 6.02 Å². The van der Waals surface area contributed by atoms with Gasteiger partial charge in [0.25, 0.3) is 6.02 Å². The van der Waals surface area contributed by atoms with Crippen molar-refractivity contribution >= 4 is 17.6 Å². The van der Waals surface area contributed by atoms with E-state index in [9.17, 15) is 0 Å². The predicted octanol–water partition coefficient (Wildman–Crippen LogP) is 6.02. The van der Waals surface area contributed by atoms with E-state index in [0.29, 0.717) is 11.6 Å². The summed E-state index contributed by atoms with van der Waals surface area (Å²) >= 11 is 6.07. The third kappa shape index (κ3) is 4.60. The Hall–Kier alpha value is -2.98. The highest BCUT2D eigenvalue weighted by molar-refractivity contribution is 6.30. The van der Waals surface area contributed by atoms with Crippen LogP contribution in [-0.2, 0) is 10.3 Å². The lowest BCUT2D eigenvalue weighted by Gasteiger charge is -2.26. The van der Waals surface area contributed by atoms with Crippen LogP contribution in [0.15, 0.2) is 77.8 Å². The fourth-order valence-electron chi connectivity index (χ4n) is 3.38. The van der Waals surface area contributed by atoms with E-state index in [4.69, 9.17) is 26.8 Å². The molecule has 0 saturated heterocycles. The van der Waals surface area contributed by atoms with Crippen molar-refractivity contribution in [1.29, 1.82) is 0 Å². The van der Waals surface area contributed by atoms with Gasteiger partial charge in [0.2, 0.25) is 0 Å². The van der Waals surface area contributed by atoms with Gasteiger partial charge in [-0.3, -0.25) is 0 Å². The number of nitrogens with zero attached hydrogens (tertiary/aromatic N) is 1. The molecule has 5 heteroatoms. The lowest BCUT2D eigenvalue weighted by molar-refractivity contribution is 0.278. The molecular formula is C25H27ClN2O2. The normalized spacial score (nSPS) is 17.4. The molecule has 2 N–H and O–H groups in total. The number of nitrogens with two attached hydrogens (primary N) is 1.